The minimum atomic E-state index is -1.09. The molecule has 1 unspecified atom stereocenters. The van der Waals surface area contributed by atoms with Crippen LogP contribution >= 0.6 is 11.3 Å². The van der Waals surface area contributed by atoms with E-state index in [1.165, 1.54) is 28.6 Å². The van der Waals surface area contributed by atoms with E-state index in [0.29, 0.717) is 5.76 Å². The summed E-state index contributed by atoms with van der Waals surface area (Å²) in [5.41, 5.74) is 0.187. The van der Waals surface area contributed by atoms with Gasteiger partial charge in [-0.3, -0.25) is 9.59 Å². The van der Waals surface area contributed by atoms with Crippen LogP contribution in [0.2, 0.25) is 0 Å². The van der Waals surface area contributed by atoms with E-state index in [-0.39, 0.29) is 36.4 Å². The molecule has 0 radical (unpaired) electrons. The first kappa shape index (κ1) is 22.3. The van der Waals surface area contributed by atoms with E-state index in [4.69, 9.17) is 4.42 Å². The van der Waals surface area contributed by atoms with Gasteiger partial charge in [0.05, 0.1) is 19.2 Å². The van der Waals surface area contributed by atoms with Crippen LogP contribution in [0.15, 0.2) is 64.6 Å². The minimum Gasteiger partial charge on any atom is -0.467 e. The molecule has 0 aliphatic heterocycles. The van der Waals surface area contributed by atoms with Crippen molar-refractivity contribution in [1.29, 1.82) is 0 Å². The maximum atomic E-state index is 14.9. The highest BCUT2D eigenvalue weighted by atomic mass is 32.1. The molecule has 1 aliphatic carbocycles. The van der Waals surface area contributed by atoms with E-state index < -0.39 is 11.9 Å². The van der Waals surface area contributed by atoms with Gasteiger partial charge in [0.15, 0.2) is 0 Å². The average Bonchev–Trinajstić information content (AvgIpc) is 3.49. The second-order valence-corrected chi connectivity index (χ2v) is 9.16. The first-order chi connectivity index (χ1) is 15.6. The van der Waals surface area contributed by atoms with Crippen molar-refractivity contribution in [1.82, 2.24) is 10.2 Å². The number of hydrogen-bond acceptors (Lipinski definition) is 4. The number of nitrogens with zero attached hydrogens (tertiary/aromatic N) is 1. The quantitative estimate of drug-likeness (QED) is 0.506. The highest BCUT2D eigenvalue weighted by Gasteiger charge is 2.35. The van der Waals surface area contributed by atoms with Gasteiger partial charge in [0.2, 0.25) is 11.8 Å². The molecule has 7 heteroatoms. The number of thiophene rings is 1. The van der Waals surface area contributed by atoms with Gasteiger partial charge in [0.1, 0.15) is 17.6 Å². The summed E-state index contributed by atoms with van der Waals surface area (Å²) < 4.78 is 20.4. The molecule has 1 N–H and O–H groups in total. The molecule has 2 aromatic heterocycles. The van der Waals surface area contributed by atoms with Crippen LogP contribution < -0.4 is 5.32 Å². The topological polar surface area (TPSA) is 62.6 Å². The second-order valence-electron chi connectivity index (χ2n) is 8.12. The van der Waals surface area contributed by atoms with Gasteiger partial charge in [-0.1, -0.05) is 43.5 Å². The number of amides is 2. The van der Waals surface area contributed by atoms with Gasteiger partial charge in [-0.2, -0.15) is 0 Å². The number of hydrogen-bond donors (Lipinski definition) is 1. The van der Waals surface area contributed by atoms with E-state index in [0.717, 1.165) is 37.0 Å². The van der Waals surface area contributed by atoms with E-state index in [1.807, 2.05) is 17.5 Å². The van der Waals surface area contributed by atoms with Gasteiger partial charge in [0.25, 0.3) is 0 Å². The van der Waals surface area contributed by atoms with Crippen LogP contribution in [0.4, 0.5) is 4.39 Å². The molecule has 0 bridgehead atoms. The van der Waals surface area contributed by atoms with Gasteiger partial charge in [0, 0.05) is 16.5 Å². The number of benzene rings is 1. The van der Waals surface area contributed by atoms with Crippen LogP contribution in [-0.4, -0.2) is 22.8 Å². The fourth-order valence-corrected chi connectivity index (χ4v) is 4.93. The zero-order valence-electron chi connectivity index (χ0n) is 17.8. The lowest BCUT2D eigenvalue weighted by atomic mass is 9.94. The zero-order valence-corrected chi connectivity index (χ0v) is 18.7. The number of furan rings is 1. The third-order valence-corrected chi connectivity index (χ3v) is 6.72. The zero-order chi connectivity index (χ0) is 22.3. The summed E-state index contributed by atoms with van der Waals surface area (Å²) in [7, 11) is 0. The molecule has 32 heavy (non-hydrogen) atoms. The van der Waals surface area contributed by atoms with Crippen LogP contribution in [0.25, 0.3) is 0 Å². The summed E-state index contributed by atoms with van der Waals surface area (Å²) in [5.74, 6) is -0.579. The highest BCUT2D eigenvalue weighted by Crippen LogP contribution is 2.28. The Morgan fingerprint density at radius 3 is 2.59 bits per heavy atom. The second kappa shape index (κ2) is 10.6. The van der Waals surface area contributed by atoms with Gasteiger partial charge < -0.3 is 14.6 Å². The summed E-state index contributed by atoms with van der Waals surface area (Å²) in [6.07, 6.45) is 6.74. The predicted molar refractivity (Wildman–Crippen MR) is 121 cm³/mol. The van der Waals surface area contributed by atoms with E-state index in [2.05, 4.69) is 5.32 Å². The summed E-state index contributed by atoms with van der Waals surface area (Å²) >= 11 is 1.48. The van der Waals surface area contributed by atoms with E-state index in [1.54, 1.807) is 30.3 Å². The molecule has 4 rings (SSSR count). The number of halogens is 1. The molecular formula is C25H27FN2O3S. The predicted octanol–water partition coefficient (Wildman–Crippen LogP) is 5.24. The molecule has 1 atom stereocenters. The van der Waals surface area contributed by atoms with Crippen LogP contribution in [0, 0.1) is 5.82 Å². The fraction of sp³-hybridized carbons (Fsp3) is 0.360. The molecule has 2 heterocycles. The largest absolute Gasteiger partial charge is 0.467 e. The first-order valence-electron chi connectivity index (χ1n) is 11.0. The molecule has 0 saturated heterocycles. The van der Waals surface area contributed by atoms with Gasteiger partial charge in [-0.15, -0.1) is 11.3 Å². The lowest BCUT2D eigenvalue weighted by Gasteiger charge is -2.33. The highest BCUT2D eigenvalue weighted by molar-refractivity contribution is 7.10. The number of rotatable bonds is 8. The average molecular weight is 455 g/mol. The minimum absolute atomic E-state index is 0.0448. The van der Waals surface area contributed by atoms with Crippen molar-refractivity contribution in [2.75, 3.05) is 0 Å². The lowest BCUT2D eigenvalue weighted by Crippen LogP contribution is -2.47. The maximum Gasteiger partial charge on any atom is 0.247 e. The van der Waals surface area contributed by atoms with Crippen LogP contribution in [0.3, 0.4) is 0 Å². The molecule has 3 aromatic rings. The normalized spacial score (nSPS) is 15.3. The lowest BCUT2D eigenvalue weighted by molar-refractivity contribution is -0.141. The smallest absolute Gasteiger partial charge is 0.247 e. The van der Waals surface area contributed by atoms with Crippen molar-refractivity contribution in [3.05, 3.63) is 82.2 Å². The Morgan fingerprint density at radius 2 is 1.91 bits per heavy atom. The van der Waals surface area contributed by atoms with E-state index in [9.17, 15) is 14.0 Å². The van der Waals surface area contributed by atoms with Crippen molar-refractivity contribution in [2.45, 2.75) is 57.2 Å². The van der Waals surface area contributed by atoms with Crippen molar-refractivity contribution in [3.8, 4) is 0 Å². The molecule has 0 spiro atoms. The molecule has 2 amide bonds. The molecule has 1 fully saturated rings. The Balaban J connectivity index is 1.68. The summed E-state index contributed by atoms with van der Waals surface area (Å²) in [4.78, 5) is 29.3. The maximum absolute atomic E-state index is 14.9. The van der Waals surface area contributed by atoms with Gasteiger partial charge in [-0.25, -0.2) is 4.39 Å². The summed E-state index contributed by atoms with van der Waals surface area (Å²) in [5, 5.41) is 5.00. The van der Waals surface area contributed by atoms with Gasteiger partial charge in [-0.05, 0) is 42.5 Å². The van der Waals surface area contributed by atoms with Crippen molar-refractivity contribution in [3.63, 3.8) is 0 Å². The van der Waals surface area contributed by atoms with E-state index >= 15 is 0 Å². The Bertz CT molecular complexity index is 1010. The molecule has 1 saturated carbocycles. The first-order valence-corrected chi connectivity index (χ1v) is 11.9. The third-order valence-electron chi connectivity index (χ3n) is 5.84. The molecule has 1 aromatic carbocycles. The molecule has 1 aliphatic rings. The number of carbonyl (C=O) groups is 2. The van der Waals surface area contributed by atoms with Crippen molar-refractivity contribution >= 4 is 23.2 Å². The number of carbonyl (C=O) groups excluding carboxylic acids is 2. The summed E-state index contributed by atoms with van der Waals surface area (Å²) in [6, 6.07) is 12.4. The Hall–Kier alpha value is -2.93. The van der Waals surface area contributed by atoms with Crippen LogP contribution in [0.1, 0.15) is 54.3 Å². The van der Waals surface area contributed by atoms with Crippen LogP contribution in [-0.2, 0) is 22.6 Å². The fourth-order valence-electron chi connectivity index (χ4n) is 4.23. The SMILES string of the molecule is O=C(NC1CCCCC1)C(c1ccccc1F)N(Cc1ccco1)C(=O)Cc1cccs1. The third kappa shape index (κ3) is 5.46. The van der Waals surface area contributed by atoms with Crippen LogP contribution in [0.5, 0.6) is 0 Å². The number of nitrogens with one attached hydrogen (secondary N) is 1. The molecule has 168 valence electrons. The van der Waals surface area contributed by atoms with Crippen molar-refractivity contribution in [2.24, 2.45) is 0 Å². The summed E-state index contributed by atoms with van der Waals surface area (Å²) in [6.45, 7) is 0.0777. The monoisotopic (exact) mass is 454 g/mol. The Labute approximate surface area is 191 Å². The Morgan fingerprint density at radius 1 is 1.09 bits per heavy atom. The van der Waals surface area contributed by atoms with Crippen molar-refractivity contribution < 1.29 is 18.4 Å². The molecule has 5 nitrogen and oxygen atoms in total. The molecular weight excluding hydrogens is 427 g/mol. The Kier molecular flexibility index (Phi) is 7.37. The van der Waals surface area contributed by atoms with Gasteiger partial charge >= 0.3 is 0 Å². The standard InChI is InChI=1S/C25H27FN2O3S/c26-22-13-5-4-12-21(22)24(25(30)27-18-8-2-1-3-9-18)28(17-19-10-6-14-31-19)23(29)16-20-11-7-15-32-20/h4-7,10-15,18,24H,1-3,8-9,16-17H2,(H,27,30).